The maximum absolute atomic E-state index is 13.3. The predicted molar refractivity (Wildman–Crippen MR) is 117 cm³/mol. The smallest absolute Gasteiger partial charge is 0.415 e. The summed E-state index contributed by atoms with van der Waals surface area (Å²) in [4.78, 5) is 27.7. The van der Waals surface area contributed by atoms with Crippen LogP contribution in [0.2, 0.25) is 0 Å². The van der Waals surface area contributed by atoms with Gasteiger partial charge in [0, 0.05) is 27.4 Å². The highest BCUT2D eigenvalue weighted by Crippen LogP contribution is 2.39. The Balaban J connectivity index is 1.65. The van der Waals surface area contributed by atoms with Crippen molar-refractivity contribution >= 4 is 40.0 Å². The number of fused-ring (bicyclic) bond motifs is 1. The minimum Gasteiger partial charge on any atom is -0.481 e. The molecule has 0 saturated heterocycles. The van der Waals surface area contributed by atoms with Crippen molar-refractivity contribution in [2.45, 2.75) is 27.4 Å². The van der Waals surface area contributed by atoms with E-state index in [4.69, 9.17) is 4.42 Å². The topological polar surface area (TPSA) is 101 Å². The van der Waals surface area contributed by atoms with E-state index >= 15 is 0 Å². The summed E-state index contributed by atoms with van der Waals surface area (Å²) in [5.41, 5.74) is 0.734. The van der Waals surface area contributed by atoms with E-state index in [1.165, 1.54) is 36.4 Å². The molecule has 4 aromatic rings. The van der Waals surface area contributed by atoms with Crippen molar-refractivity contribution in [1.82, 2.24) is 4.98 Å². The van der Waals surface area contributed by atoms with Crippen LogP contribution in [0.5, 0.6) is 0 Å². The lowest BCUT2D eigenvalue weighted by atomic mass is 10.0. The van der Waals surface area contributed by atoms with Gasteiger partial charge in [-0.1, -0.05) is 23.9 Å². The molecule has 0 radical (unpaired) electrons. The predicted octanol–water partition coefficient (Wildman–Crippen LogP) is 5.30. The highest BCUT2D eigenvalue weighted by molar-refractivity contribution is 8.01. The Morgan fingerprint density at radius 1 is 1.12 bits per heavy atom. The summed E-state index contributed by atoms with van der Waals surface area (Å²) >= 11 is 1.72. The van der Waals surface area contributed by atoms with Crippen LogP contribution < -0.4 is 5.63 Å². The molecule has 2 N–H and O–H groups in total. The molecule has 176 valence electrons. The number of carboxylic acids is 1. The van der Waals surface area contributed by atoms with E-state index in [2.05, 4.69) is 4.98 Å². The molecule has 0 fully saturated rings. The van der Waals surface area contributed by atoms with Crippen LogP contribution in [0, 0.1) is 5.82 Å². The fourth-order valence-corrected chi connectivity index (χ4v) is 5.36. The fourth-order valence-electron chi connectivity index (χ4n) is 3.24. The van der Waals surface area contributed by atoms with Crippen LogP contribution in [-0.2, 0) is 4.79 Å². The Morgan fingerprint density at radius 2 is 1.82 bits per heavy atom. The molecule has 0 aliphatic carbocycles. The normalized spacial score (nSPS) is 13.7. The molecule has 0 saturated carbocycles. The number of aromatic nitrogens is 1. The van der Waals surface area contributed by atoms with E-state index < -0.39 is 35.6 Å². The van der Waals surface area contributed by atoms with Gasteiger partial charge in [-0.15, -0.1) is 11.3 Å². The lowest BCUT2D eigenvalue weighted by molar-refractivity contribution is -0.213. The van der Waals surface area contributed by atoms with Gasteiger partial charge in [0.2, 0.25) is 0 Å². The molecule has 0 aliphatic heterocycles. The van der Waals surface area contributed by atoms with Gasteiger partial charge >= 0.3 is 17.8 Å². The molecule has 6 nitrogen and oxygen atoms in total. The van der Waals surface area contributed by atoms with E-state index in [1.54, 1.807) is 12.1 Å². The number of halogens is 4. The number of benzene rings is 2. The Hall–Kier alpha value is -3.22. The van der Waals surface area contributed by atoms with Crippen molar-refractivity contribution in [3.63, 3.8) is 0 Å². The van der Waals surface area contributed by atoms with Crippen LogP contribution in [0.4, 0.5) is 17.6 Å². The lowest BCUT2D eigenvalue weighted by Gasteiger charge is -2.20. The van der Waals surface area contributed by atoms with Crippen LogP contribution >= 0.6 is 23.1 Å². The molecule has 0 bridgehead atoms. The van der Waals surface area contributed by atoms with Crippen LogP contribution in [0.15, 0.2) is 73.2 Å². The second-order valence-electron chi connectivity index (χ2n) is 7.08. The van der Waals surface area contributed by atoms with E-state index in [-0.39, 0.29) is 14.8 Å². The first-order chi connectivity index (χ1) is 16.0. The molecule has 0 amide bonds. The van der Waals surface area contributed by atoms with E-state index in [1.807, 2.05) is 0 Å². The molecule has 4 rings (SSSR count). The molecular formula is C22H13F4NO5S2. The summed E-state index contributed by atoms with van der Waals surface area (Å²) in [6.07, 6.45) is -7.21. The molecule has 2 heterocycles. The van der Waals surface area contributed by atoms with E-state index in [0.29, 0.717) is 32.7 Å². The monoisotopic (exact) mass is 511 g/mol. The van der Waals surface area contributed by atoms with Gasteiger partial charge in [-0.25, -0.2) is 14.2 Å². The van der Waals surface area contributed by atoms with Crippen molar-refractivity contribution in [3.05, 3.63) is 75.8 Å². The first-order valence-corrected chi connectivity index (χ1v) is 11.1. The van der Waals surface area contributed by atoms with Crippen molar-refractivity contribution in [1.29, 1.82) is 0 Å². The second-order valence-corrected chi connectivity index (χ2v) is 9.46. The first kappa shape index (κ1) is 23.9. The van der Waals surface area contributed by atoms with Gasteiger partial charge in [-0.2, -0.15) is 13.2 Å². The fraction of sp³-hybridized carbons (Fsp3) is 0.136. The van der Waals surface area contributed by atoms with Crippen LogP contribution in [0.3, 0.4) is 0 Å². The number of alkyl halides is 3. The average molecular weight is 511 g/mol. The number of aliphatic hydroxyl groups is 1. The summed E-state index contributed by atoms with van der Waals surface area (Å²) in [5, 5.41) is 19.2. The number of carboxylic acid groups (broad SMARTS) is 1. The van der Waals surface area contributed by atoms with Crippen LogP contribution in [0.1, 0.15) is 10.8 Å². The van der Waals surface area contributed by atoms with Crippen molar-refractivity contribution in [3.8, 4) is 11.1 Å². The third kappa shape index (κ3) is 4.98. The third-order valence-corrected chi connectivity index (χ3v) is 6.95. The average Bonchev–Trinajstić information content (AvgIpc) is 3.20. The van der Waals surface area contributed by atoms with Gasteiger partial charge in [0.25, 0.3) is 0 Å². The SMILES string of the molecule is O=C(O)C(c1cnc(Sc2ccc3c(-c4ccc(F)cc4)cc(=O)oc3c2)s1)[C@@H](O)C(F)(F)F. The summed E-state index contributed by atoms with van der Waals surface area (Å²) in [6, 6.07) is 11.7. The zero-order chi connectivity index (χ0) is 24.6. The largest absolute Gasteiger partial charge is 0.481 e. The highest BCUT2D eigenvalue weighted by atomic mass is 32.2. The summed E-state index contributed by atoms with van der Waals surface area (Å²) in [7, 11) is 0. The minimum absolute atomic E-state index is 0.226. The summed E-state index contributed by atoms with van der Waals surface area (Å²) in [5.74, 6) is -4.46. The molecule has 12 heteroatoms. The maximum atomic E-state index is 13.3. The first-order valence-electron chi connectivity index (χ1n) is 9.48. The lowest BCUT2D eigenvalue weighted by Crippen LogP contribution is -2.38. The summed E-state index contributed by atoms with van der Waals surface area (Å²) in [6.45, 7) is 0. The molecule has 2 atom stereocenters. The quantitative estimate of drug-likeness (QED) is 0.268. The van der Waals surface area contributed by atoms with E-state index in [0.717, 1.165) is 18.0 Å². The van der Waals surface area contributed by atoms with Crippen LogP contribution in [-0.4, -0.2) is 33.4 Å². The number of rotatable bonds is 6. The van der Waals surface area contributed by atoms with Gasteiger partial charge in [-0.3, -0.25) is 4.79 Å². The van der Waals surface area contributed by atoms with Gasteiger partial charge in [0.05, 0.1) is 0 Å². The molecular weight excluding hydrogens is 498 g/mol. The molecule has 2 aromatic carbocycles. The molecule has 0 aliphatic rings. The standard InChI is InChI=1S/C22H13F4NO5S2/c23-11-3-1-10(2-4-11)14-8-17(28)32-15-7-12(5-6-13(14)15)33-21-27-9-16(34-21)18(20(30)31)19(29)22(24,25)26/h1-9,18-19,29H,(H,30,31)/t18?,19-/m1/s1. The number of thiazole rings is 1. The molecule has 1 unspecified atom stereocenters. The van der Waals surface area contributed by atoms with E-state index in [9.17, 15) is 37.4 Å². The van der Waals surface area contributed by atoms with Crippen molar-refractivity contribution in [2.75, 3.05) is 0 Å². The summed E-state index contributed by atoms with van der Waals surface area (Å²) < 4.78 is 57.4. The Morgan fingerprint density at radius 3 is 2.47 bits per heavy atom. The third-order valence-electron chi connectivity index (χ3n) is 4.80. The zero-order valence-electron chi connectivity index (χ0n) is 16.7. The van der Waals surface area contributed by atoms with Gasteiger partial charge in [0.1, 0.15) is 17.3 Å². The zero-order valence-corrected chi connectivity index (χ0v) is 18.4. The number of carbonyl (C=O) groups is 1. The number of hydrogen-bond donors (Lipinski definition) is 2. The maximum Gasteiger partial charge on any atom is 0.415 e. The molecule has 34 heavy (non-hydrogen) atoms. The van der Waals surface area contributed by atoms with Crippen LogP contribution in [0.25, 0.3) is 22.1 Å². The van der Waals surface area contributed by atoms with Gasteiger partial charge in [0.15, 0.2) is 10.4 Å². The number of hydrogen-bond acceptors (Lipinski definition) is 7. The van der Waals surface area contributed by atoms with Crippen molar-refractivity contribution in [2.24, 2.45) is 0 Å². The molecule has 2 aromatic heterocycles. The van der Waals surface area contributed by atoms with Gasteiger partial charge in [-0.05, 0) is 41.5 Å². The second kappa shape index (κ2) is 9.20. The van der Waals surface area contributed by atoms with Crippen molar-refractivity contribution < 1.29 is 37.0 Å². The number of aliphatic hydroxyl groups excluding tert-OH is 1. The number of nitrogens with zero attached hydrogens (tertiary/aromatic N) is 1. The Bertz CT molecular complexity index is 1420. The number of aliphatic carboxylic acids is 1. The van der Waals surface area contributed by atoms with Gasteiger partial charge < -0.3 is 14.6 Å². The molecule has 0 spiro atoms. The Labute approximate surface area is 196 Å². The minimum atomic E-state index is -5.11. The Kier molecular flexibility index (Phi) is 6.47. The highest BCUT2D eigenvalue weighted by Gasteiger charge is 2.48.